The molecule has 2 heterocycles. The van der Waals surface area contributed by atoms with E-state index < -0.39 is 5.91 Å². The van der Waals surface area contributed by atoms with Crippen molar-refractivity contribution in [3.05, 3.63) is 147 Å². The van der Waals surface area contributed by atoms with Gasteiger partial charge in [0.25, 0.3) is 22.3 Å². The summed E-state index contributed by atoms with van der Waals surface area (Å²) in [5.41, 5.74) is 4.73. The topological polar surface area (TPSA) is 165 Å². The van der Waals surface area contributed by atoms with E-state index in [4.69, 9.17) is 4.74 Å². The predicted molar refractivity (Wildman–Crippen MR) is 207 cm³/mol. The summed E-state index contributed by atoms with van der Waals surface area (Å²) < 4.78 is 5.19. The number of amides is 4. The monoisotopic (exact) mass is 760 g/mol. The van der Waals surface area contributed by atoms with Gasteiger partial charge in [0.1, 0.15) is 5.75 Å². The Labute approximate surface area is 318 Å². The fourth-order valence-corrected chi connectivity index (χ4v) is 7.09. The molecule has 272 valence electrons. The van der Waals surface area contributed by atoms with Gasteiger partial charge in [0.05, 0.1) is 30.0 Å². The second kappa shape index (κ2) is 16.5. The van der Waals surface area contributed by atoms with Crippen molar-refractivity contribution in [2.45, 2.75) is 13.1 Å². The molecule has 2 aliphatic heterocycles. The molecule has 5 aromatic rings. The van der Waals surface area contributed by atoms with E-state index >= 15 is 0 Å². The Kier molecular flexibility index (Phi) is 11.4. The Hall–Kier alpha value is -6.44. The summed E-state index contributed by atoms with van der Waals surface area (Å²) in [4.78, 5) is 52.6. The minimum Gasteiger partial charge on any atom is -0.504 e. The highest BCUT2D eigenvalue weighted by Crippen LogP contribution is 2.36. The van der Waals surface area contributed by atoms with Gasteiger partial charge in [0.2, 0.25) is 0 Å². The molecule has 0 saturated carbocycles. The second-order valence-electron chi connectivity index (χ2n) is 11.9. The quantitative estimate of drug-likeness (QED) is 0.0888. The molecule has 4 amide bonds. The largest absolute Gasteiger partial charge is 0.504 e. The lowest BCUT2D eigenvalue weighted by Gasteiger charge is -2.13. The summed E-state index contributed by atoms with van der Waals surface area (Å²) in [6.07, 6.45) is 3.05. The molecule has 0 aromatic heterocycles. The van der Waals surface area contributed by atoms with Gasteiger partial charge < -0.3 is 25.2 Å². The van der Waals surface area contributed by atoms with E-state index in [1.807, 2.05) is 78.9 Å². The molecule has 2 aliphatic rings. The standard InChI is InChI=1S/C24H19NO5S.C17H13NO4S/c1-30-19-8-6-17(7-9-19)18-4-2-3-16(11-18)14-25-23(28)22(31-24(25)29)13-15-5-10-20(26)21(27)12-15;19-13-7-6-12(8-14(13)20)9-15-16(21)18(17(22)23-15)10-11-4-2-1-3-5-11/h2-13,26-27H,14H2,1H3;1-9,19-20H,10H2/b22-13-;15-9-. The van der Waals surface area contributed by atoms with Gasteiger partial charge in [0, 0.05) is 0 Å². The third-order valence-electron chi connectivity index (χ3n) is 8.22. The predicted octanol–water partition coefficient (Wildman–Crippen LogP) is 8.34. The van der Waals surface area contributed by atoms with Gasteiger partial charge in [-0.3, -0.25) is 29.0 Å². The van der Waals surface area contributed by atoms with Crippen LogP contribution in [0.1, 0.15) is 22.3 Å². The van der Waals surface area contributed by atoms with E-state index in [2.05, 4.69) is 0 Å². The van der Waals surface area contributed by atoms with Crippen molar-refractivity contribution in [1.82, 2.24) is 9.80 Å². The molecule has 5 aromatic carbocycles. The molecule has 7 rings (SSSR count). The van der Waals surface area contributed by atoms with Crippen LogP contribution < -0.4 is 4.74 Å². The number of imide groups is 2. The highest BCUT2D eigenvalue weighted by Gasteiger charge is 2.36. The number of hydrogen-bond acceptors (Lipinski definition) is 11. The number of rotatable bonds is 8. The van der Waals surface area contributed by atoms with Crippen LogP contribution in [0, 0.1) is 0 Å². The van der Waals surface area contributed by atoms with Gasteiger partial charge in [-0.25, -0.2) is 0 Å². The van der Waals surface area contributed by atoms with Crippen molar-refractivity contribution in [1.29, 1.82) is 0 Å². The Bertz CT molecular complexity index is 2310. The summed E-state index contributed by atoms with van der Waals surface area (Å²) in [7, 11) is 1.62. The fraction of sp³-hybridized carbons (Fsp3) is 0.0732. The van der Waals surface area contributed by atoms with Crippen LogP contribution in [0.3, 0.4) is 0 Å². The Morgan fingerprint density at radius 2 is 1.04 bits per heavy atom. The van der Waals surface area contributed by atoms with Crippen LogP contribution in [0.15, 0.2) is 125 Å². The highest BCUT2D eigenvalue weighted by atomic mass is 32.2. The number of aromatic hydroxyl groups is 4. The minimum atomic E-state index is -0.391. The minimum absolute atomic E-state index is 0.160. The normalized spacial score (nSPS) is 15.6. The van der Waals surface area contributed by atoms with Crippen molar-refractivity contribution in [2.24, 2.45) is 0 Å². The summed E-state index contributed by atoms with van der Waals surface area (Å²) in [5.74, 6) is -1.03. The van der Waals surface area contributed by atoms with Crippen LogP contribution in [0.2, 0.25) is 0 Å². The molecule has 0 bridgehead atoms. The first-order valence-electron chi connectivity index (χ1n) is 16.3. The van der Waals surface area contributed by atoms with E-state index in [0.29, 0.717) is 11.1 Å². The van der Waals surface area contributed by atoms with Crippen molar-refractivity contribution in [3.8, 4) is 39.9 Å². The lowest BCUT2D eigenvalue weighted by molar-refractivity contribution is -0.124. The van der Waals surface area contributed by atoms with Gasteiger partial charge in [-0.05, 0) is 112 Å². The zero-order valence-electron chi connectivity index (χ0n) is 28.6. The molecular formula is C41H32N2O9S2. The zero-order chi connectivity index (χ0) is 38.4. The molecule has 54 heavy (non-hydrogen) atoms. The number of nitrogens with zero attached hydrogens (tertiary/aromatic N) is 2. The van der Waals surface area contributed by atoms with Crippen LogP contribution in [0.4, 0.5) is 9.59 Å². The smallest absolute Gasteiger partial charge is 0.293 e. The maximum Gasteiger partial charge on any atom is 0.293 e. The van der Waals surface area contributed by atoms with Crippen LogP contribution in [0.5, 0.6) is 28.7 Å². The summed E-state index contributed by atoms with van der Waals surface area (Å²) in [6, 6.07) is 33.1. The molecule has 0 spiro atoms. The summed E-state index contributed by atoms with van der Waals surface area (Å²) in [5, 5.41) is 37.2. The molecule has 11 nitrogen and oxygen atoms in total. The summed E-state index contributed by atoms with van der Waals surface area (Å²) in [6.45, 7) is 0.385. The molecule has 2 fully saturated rings. The molecule has 0 unspecified atom stereocenters. The lowest BCUT2D eigenvalue weighted by Crippen LogP contribution is -2.27. The molecular weight excluding hydrogens is 729 g/mol. The van der Waals surface area contributed by atoms with E-state index in [-0.39, 0.29) is 62.3 Å². The van der Waals surface area contributed by atoms with Gasteiger partial charge in [-0.15, -0.1) is 0 Å². The number of ether oxygens (including phenoxy) is 1. The Morgan fingerprint density at radius 3 is 1.54 bits per heavy atom. The van der Waals surface area contributed by atoms with E-state index in [9.17, 15) is 39.6 Å². The van der Waals surface area contributed by atoms with Crippen molar-refractivity contribution >= 4 is 58.0 Å². The first-order chi connectivity index (χ1) is 26.0. The van der Waals surface area contributed by atoms with Gasteiger partial charge in [-0.2, -0.15) is 0 Å². The van der Waals surface area contributed by atoms with Crippen LogP contribution in [-0.4, -0.2) is 59.6 Å². The molecule has 2 saturated heterocycles. The fourth-order valence-electron chi connectivity index (χ4n) is 5.42. The maximum atomic E-state index is 12.8. The molecule has 13 heteroatoms. The summed E-state index contributed by atoms with van der Waals surface area (Å²) >= 11 is 1.71. The van der Waals surface area contributed by atoms with E-state index in [0.717, 1.165) is 51.5 Å². The SMILES string of the molecule is COc1ccc(-c2cccc(CN3C(=O)S/C(=C\c4ccc(O)c(O)c4)C3=O)c2)cc1.O=C1S/C(=C\c2ccc(O)c(O)c2)C(=O)N1Cc1ccccc1. The second-order valence-corrected chi connectivity index (χ2v) is 13.9. The third-order valence-corrected chi connectivity index (χ3v) is 10.0. The Balaban J connectivity index is 0.000000193. The number of hydrogen-bond donors (Lipinski definition) is 4. The number of thioether (sulfide) groups is 2. The van der Waals surface area contributed by atoms with Crippen molar-refractivity contribution in [3.63, 3.8) is 0 Å². The average molecular weight is 761 g/mol. The number of carbonyl (C=O) groups excluding carboxylic acids is 4. The van der Waals surface area contributed by atoms with E-state index in [1.54, 1.807) is 19.2 Å². The zero-order valence-corrected chi connectivity index (χ0v) is 30.2. The van der Waals surface area contributed by atoms with Crippen LogP contribution in [-0.2, 0) is 22.7 Å². The number of methoxy groups -OCH3 is 1. The third kappa shape index (κ3) is 8.77. The molecule has 0 atom stereocenters. The first-order valence-corrected chi connectivity index (χ1v) is 17.9. The number of carbonyl (C=O) groups is 4. The van der Waals surface area contributed by atoms with Crippen LogP contribution >= 0.6 is 23.5 Å². The van der Waals surface area contributed by atoms with E-state index in [1.165, 1.54) is 46.2 Å². The number of phenols is 4. The highest BCUT2D eigenvalue weighted by molar-refractivity contribution is 8.18. The van der Waals surface area contributed by atoms with Crippen molar-refractivity contribution < 1.29 is 44.3 Å². The molecule has 0 aliphatic carbocycles. The average Bonchev–Trinajstić information content (AvgIpc) is 3.59. The maximum absolute atomic E-state index is 12.8. The first kappa shape index (κ1) is 37.3. The van der Waals surface area contributed by atoms with Crippen molar-refractivity contribution in [2.75, 3.05) is 7.11 Å². The Morgan fingerprint density at radius 1 is 0.537 bits per heavy atom. The van der Waals surface area contributed by atoms with Gasteiger partial charge >= 0.3 is 0 Å². The molecule has 0 radical (unpaired) electrons. The van der Waals surface area contributed by atoms with Gasteiger partial charge in [-0.1, -0.05) is 72.8 Å². The van der Waals surface area contributed by atoms with Crippen LogP contribution in [0.25, 0.3) is 23.3 Å². The van der Waals surface area contributed by atoms with Gasteiger partial charge in [0.15, 0.2) is 23.0 Å². The number of benzene rings is 5. The number of phenolic OH excluding ortho intramolecular Hbond substituents is 4. The molecule has 4 N–H and O–H groups in total. The lowest BCUT2D eigenvalue weighted by atomic mass is 10.0.